The summed E-state index contributed by atoms with van der Waals surface area (Å²) in [6.07, 6.45) is 3.52. The summed E-state index contributed by atoms with van der Waals surface area (Å²) in [5.74, 6) is 0.111. The molecular weight excluding hydrogens is 226 g/mol. The molecule has 0 aliphatic carbocycles. The molecule has 1 aliphatic heterocycles. The fourth-order valence-corrected chi connectivity index (χ4v) is 2.15. The van der Waals surface area contributed by atoms with Crippen LogP contribution in [0.3, 0.4) is 0 Å². The molecule has 0 fully saturated rings. The zero-order chi connectivity index (χ0) is 13.0. The first-order valence-electron chi connectivity index (χ1n) is 6.57. The minimum Gasteiger partial charge on any atom is -0.385 e. The van der Waals surface area contributed by atoms with Gasteiger partial charge >= 0.3 is 0 Å². The van der Waals surface area contributed by atoms with Crippen LogP contribution >= 0.6 is 0 Å². The second-order valence-electron chi connectivity index (χ2n) is 4.97. The highest BCUT2D eigenvalue weighted by Crippen LogP contribution is 2.25. The van der Waals surface area contributed by atoms with Gasteiger partial charge in [0.05, 0.1) is 0 Å². The van der Waals surface area contributed by atoms with E-state index in [4.69, 9.17) is 5.73 Å². The van der Waals surface area contributed by atoms with Crippen molar-refractivity contribution < 1.29 is 4.79 Å². The highest BCUT2D eigenvalue weighted by Gasteiger charge is 2.14. The van der Waals surface area contributed by atoms with Gasteiger partial charge in [0.15, 0.2) is 0 Å². The van der Waals surface area contributed by atoms with E-state index in [0.717, 1.165) is 37.2 Å². The molecule has 0 saturated heterocycles. The Labute approximate surface area is 108 Å². The molecule has 1 aromatic carbocycles. The lowest BCUT2D eigenvalue weighted by Crippen LogP contribution is -2.19. The molecule has 1 heterocycles. The number of aryl methyl sites for hydroxylation is 1. The summed E-state index contributed by atoms with van der Waals surface area (Å²) in [5, 5.41) is 6.28. The molecule has 4 N–H and O–H groups in total. The van der Waals surface area contributed by atoms with Crippen LogP contribution in [0.2, 0.25) is 0 Å². The molecule has 0 aromatic heterocycles. The van der Waals surface area contributed by atoms with E-state index in [1.165, 1.54) is 5.56 Å². The zero-order valence-electron chi connectivity index (χ0n) is 10.8. The van der Waals surface area contributed by atoms with Gasteiger partial charge < -0.3 is 16.4 Å². The van der Waals surface area contributed by atoms with Gasteiger partial charge in [-0.05, 0) is 49.9 Å². The van der Waals surface area contributed by atoms with Crippen molar-refractivity contribution in [1.29, 1.82) is 0 Å². The smallest absolute Gasteiger partial charge is 0.224 e. The molecule has 0 bridgehead atoms. The highest BCUT2D eigenvalue weighted by molar-refractivity contribution is 5.94. The van der Waals surface area contributed by atoms with Crippen molar-refractivity contribution in [3.8, 4) is 0 Å². The van der Waals surface area contributed by atoms with Crippen LogP contribution in [0.15, 0.2) is 18.2 Å². The van der Waals surface area contributed by atoms with Crippen molar-refractivity contribution in [2.75, 3.05) is 17.2 Å². The Balaban J connectivity index is 1.89. The lowest BCUT2D eigenvalue weighted by Gasteiger charge is -2.18. The van der Waals surface area contributed by atoms with Gasteiger partial charge in [0.25, 0.3) is 0 Å². The number of hydrogen-bond acceptors (Lipinski definition) is 3. The monoisotopic (exact) mass is 247 g/mol. The highest BCUT2D eigenvalue weighted by atomic mass is 16.1. The Hall–Kier alpha value is -1.55. The van der Waals surface area contributed by atoms with Gasteiger partial charge in [-0.3, -0.25) is 4.79 Å². The second-order valence-corrected chi connectivity index (χ2v) is 4.97. The summed E-state index contributed by atoms with van der Waals surface area (Å²) in [5.41, 5.74) is 8.99. The van der Waals surface area contributed by atoms with Crippen molar-refractivity contribution in [3.05, 3.63) is 23.8 Å². The molecule has 4 heteroatoms. The Morgan fingerprint density at radius 3 is 3.06 bits per heavy atom. The number of rotatable bonds is 5. The van der Waals surface area contributed by atoms with Crippen molar-refractivity contribution in [1.82, 2.24) is 0 Å². The van der Waals surface area contributed by atoms with Crippen molar-refractivity contribution in [2.24, 2.45) is 5.73 Å². The third-order valence-electron chi connectivity index (χ3n) is 3.17. The van der Waals surface area contributed by atoms with Crippen LogP contribution in [-0.4, -0.2) is 18.5 Å². The summed E-state index contributed by atoms with van der Waals surface area (Å²) < 4.78 is 0. The first-order valence-corrected chi connectivity index (χ1v) is 6.57. The topological polar surface area (TPSA) is 67.1 Å². The summed E-state index contributed by atoms with van der Waals surface area (Å²) in [6, 6.07) is 6.38. The predicted octanol–water partition coefficient (Wildman–Crippen LogP) is 2.11. The molecule has 0 spiro atoms. The largest absolute Gasteiger partial charge is 0.385 e. The van der Waals surface area contributed by atoms with Crippen molar-refractivity contribution in [3.63, 3.8) is 0 Å². The van der Waals surface area contributed by atoms with Gasteiger partial charge in [0.1, 0.15) is 0 Å². The molecule has 18 heavy (non-hydrogen) atoms. The van der Waals surface area contributed by atoms with Crippen molar-refractivity contribution in [2.45, 2.75) is 38.6 Å². The van der Waals surface area contributed by atoms with Crippen LogP contribution in [0.1, 0.15) is 31.7 Å². The summed E-state index contributed by atoms with van der Waals surface area (Å²) in [4.78, 5) is 11.2. The van der Waals surface area contributed by atoms with E-state index in [9.17, 15) is 4.79 Å². The molecule has 1 amide bonds. The molecule has 2 rings (SSSR count). The van der Waals surface area contributed by atoms with Crippen LogP contribution in [0.5, 0.6) is 0 Å². The van der Waals surface area contributed by atoms with Crippen LogP contribution in [0.25, 0.3) is 0 Å². The minimum absolute atomic E-state index is 0.111. The van der Waals surface area contributed by atoms with E-state index in [1.54, 1.807) is 0 Å². The van der Waals surface area contributed by atoms with Crippen molar-refractivity contribution >= 4 is 17.3 Å². The number of anilines is 2. The van der Waals surface area contributed by atoms with E-state index in [0.29, 0.717) is 6.42 Å². The van der Waals surface area contributed by atoms with Crippen LogP contribution in [-0.2, 0) is 11.2 Å². The number of nitrogens with two attached hydrogens (primary N) is 1. The lowest BCUT2D eigenvalue weighted by molar-refractivity contribution is -0.116. The third-order valence-corrected chi connectivity index (χ3v) is 3.17. The Morgan fingerprint density at radius 2 is 2.28 bits per heavy atom. The van der Waals surface area contributed by atoms with Gasteiger partial charge in [0, 0.05) is 30.4 Å². The minimum atomic E-state index is 0.111. The standard InChI is InChI=1S/C14H21N3O/c1-10(15)3-2-8-16-12-5-6-13-11(9-12)4-7-14(18)17-13/h5-6,9-10,16H,2-4,7-8,15H2,1H3,(H,17,18). The normalized spacial score (nSPS) is 15.8. The van der Waals surface area contributed by atoms with E-state index in [1.807, 2.05) is 19.1 Å². The maximum absolute atomic E-state index is 11.2. The average Bonchev–Trinajstić information content (AvgIpc) is 2.34. The van der Waals surface area contributed by atoms with E-state index >= 15 is 0 Å². The number of amides is 1. The molecule has 1 atom stereocenters. The van der Waals surface area contributed by atoms with E-state index < -0.39 is 0 Å². The first kappa shape index (κ1) is 12.9. The predicted molar refractivity (Wildman–Crippen MR) is 74.8 cm³/mol. The SMILES string of the molecule is CC(N)CCCNc1ccc2c(c1)CCC(=O)N2. The number of fused-ring (bicyclic) bond motifs is 1. The molecule has 0 saturated carbocycles. The molecule has 98 valence electrons. The maximum Gasteiger partial charge on any atom is 0.224 e. The Morgan fingerprint density at radius 1 is 1.44 bits per heavy atom. The molecular formula is C14H21N3O. The van der Waals surface area contributed by atoms with Gasteiger partial charge in [-0.1, -0.05) is 0 Å². The Kier molecular flexibility index (Phi) is 4.20. The average molecular weight is 247 g/mol. The lowest BCUT2D eigenvalue weighted by atomic mass is 10.0. The summed E-state index contributed by atoms with van der Waals surface area (Å²) >= 11 is 0. The van der Waals surface area contributed by atoms with Crippen LogP contribution in [0.4, 0.5) is 11.4 Å². The van der Waals surface area contributed by atoms with E-state index in [2.05, 4.69) is 16.7 Å². The van der Waals surface area contributed by atoms with Gasteiger partial charge in [-0.25, -0.2) is 0 Å². The number of carbonyl (C=O) groups excluding carboxylic acids is 1. The van der Waals surface area contributed by atoms with Gasteiger partial charge in [-0.15, -0.1) is 0 Å². The number of hydrogen-bond donors (Lipinski definition) is 3. The van der Waals surface area contributed by atoms with Crippen LogP contribution < -0.4 is 16.4 Å². The molecule has 0 radical (unpaired) electrons. The van der Waals surface area contributed by atoms with Crippen LogP contribution in [0, 0.1) is 0 Å². The fraction of sp³-hybridized carbons (Fsp3) is 0.500. The first-order chi connectivity index (χ1) is 8.65. The number of carbonyl (C=O) groups is 1. The second kappa shape index (κ2) is 5.87. The number of benzene rings is 1. The van der Waals surface area contributed by atoms with E-state index in [-0.39, 0.29) is 11.9 Å². The fourth-order valence-electron chi connectivity index (χ4n) is 2.15. The van der Waals surface area contributed by atoms with Gasteiger partial charge in [0.2, 0.25) is 5.91 Å². The molecule has 1 unspecified atom stereocenters. The quantitative estimate of drug-likeness (QED) is 0.698. The van der Waals surface area contributed by atoms with Gasteiger partial charge in [-0.2, -0.15) is 0 Å². The Bertz CT molecular complexity index is 429. The maximum atomic E-state index is 11.2. The number of nitrogens with one attached hydrogen (secondary N) is 2. The third kappa shape index (κ3) is 3.47. The molecule has 1 aromatic rings. The summed E-state index contributed by atoms with van der Waals surface area (Å²) in [7, 11) is 0. The molecule has 4 nitrogen and oxygen atoms in total. The zero-order valence-corrected chi connectivity index (χ0v) is 10.8. The molecule has 1 aliphatic rings. The summed E-state index contributed by atoms with van der Waals surface area (Å²) in [6.45, 7) is 2.97.